The first-order chi connectivity index (χ1) is 21.1. The summed E-state index contributed by atoms with van der Waals surface area (Å²) in [5.74, 6) is 2.43. The van der Waals surface area contributed by atoms with Crippen LogP contribution in [0.4, 0.5) is 5.69 Å². The molecular formula is C38H47N3OS. The standard InChI is InChI=1S/C38H47N3OS/c1-2-39-26-31-7-3-6-10-37(31)38(28-39,32-8-4-5-9-32)33-19-21-40(22-20-33)23-30-24-41(25-30)34-13-17-36(18-14-34)43-35-15-11-29(27-42)12-16-35/h3,6-7,10-18,27,30,32-33H,2,4-5,8-9,19-26,28H2,1H3. The number of nitrogens with zero attached hydrogens (tertiary/aromatic N) is 3. The SMILES string of the molecule is CCN1Cc2ccccc2C(C2CCCC2)(C2CCN(CC3CN(c4ccc(Sc5ccc(C=O)cc5)cc4)C3)CC2)C1. The van der Waals surface area contributed by atoms with Crippen molar-refractivity contribution in [3.63, 3.8) is 0 Å². The molecule has 43 heavy (non-hydrogen) atoms. The smallest absolute Gasteiger partial charge is 0.150 e. The van der Waals surface area contributed by atoms with Crippen LogP contribution in [0.25, 0.3) is 0 Å². The van der Waals surface area contributed by atoms with E-state index in [0.29, 0.717) is 5.41 Å². The van der Waals surface area contributed by atoms with Crippen molar-refractivity contribution >= 4 is 23.7 Å². The molecule has 4 nitrogen and oxygen atoms in total. The lowest BCUT2D eigenvalue weighted by Crippen LogP contribution is -2.57. The van der Waals surface area contributed by atoms with E-state index in [4.69, 9.17) is 0 Å². The van der Waals surface area contributed by atoms with Gasteiger partial charge in [0, 0.05) is 65.1 Å². The highest BCUT2D eigenvalue weighted by Crippen LogP contribution is 2.53. The highest BCUT2D eigenvalue weighted by molar-refractivity contribution is 7.99. The number of hydrogen-bond donors (Lipinski definition) is 0. The summed E-state index contributed by atoms with van der Waals surface area (Å²) in [5, 5.41) is 0. The zero-order valence-electron chi connectivity index (χ0n) is 25.8. The zero-order chi connectivity index (χ0) is 29.2. The largest absolute Gasteiger partial charge is 0.371 e. The lowest BCUT2D eigenvalue weighted by Gasteiger charge is -2.54. The summed E-state index contributed by atoms with van der Waals surface area (Å²) in [6.45, 7) is 12.1. The molecule has 0 N–H and O–H groups in total. The van der Waals surface area contributed by atoms with E-state index >= 15 is 0 Å². The van der Waals surface area contributed by atoms with Gasteiger partial charge in [-0.2, -0.15) is 0 Å². The molecule has 1 atom stereocenters. The lowest BCUT2D eigenvalue weighted by molar-refractivity contribution is 0.0359. The number of aldehydes is 1. The van der Waals surface area contributed by atoms with Gasteiger partial charge in [0.1, 0.15) is 6.29 Å². The van der Waals surface area contributed by atoms with Crippen LogP contribution in [0, 0.1) is 17.8 Å². The molecule has 0 bridgehead atoms. The highest BCUT2D eigenvalue weighted by atomic mass is 32.2. The highest BCUT2D eigenvalue weighted by Gasteiger charge is 2.51. The van der Waals surface area contributed by atoms with Gasteiger partial charge >= 0.3 is 0 Å². The van der Waals surface area contributed by atoms with E-state index in [2.05, 4.69) is 70.2 Å². The second-order valence-electron chi connectivity index (χ2n) is 13.6. The first kappa shape index (κ1) is 29.1. The van der Waals surface area contributed by atoms with Crippen molar-refractivity contribution in [2.45, 2.75) is 67.2 Å². The summed E-state index contributed by atoms with van der Waals surface area (Å²) in [5.41, 5.74) is 5.75. The second-order valence-corrected chi connectivity index (χ2v) is 14.8. The fourth-order valence-electron chi connectivity index (χ4n) is 8.93. The van der Waals surface area contributed by atoms with Crippen molar-refractivity contribution in [3.8, 4) is 0 Å². The van der Waals surface area contributed by atoms with Gasteiger partial charge in [-0.05, 0) is 105 Å². The summed E-state index contributed by atoms with van der Waals surface area (Å²) in [6.07, 6.45) is 9.32. The Bertz CT molecular complexity index is 1370. The molecule has 7 rings (SSSR count). The average molecular weight is 594 g/mol. The van der Waals surface area contributed by atoms with E-state index in [9.17, 15) is 4.79 Å². The molecular weight excluding hydrogens is 547 g/mol. The van der Waals surface area contributed by atoms with Crippen molar-refractivity contribution in [1.29, 1.82) is 0 Å². The predicted octanol–water partition coefficient (Wildman–Crippen LogP) is 7.76. The minimum atomic E-state index is 0.351. The summed E-state index contributed by atoms with van der Waals surface area (Å²) >= 11 is 1.75. The molecule has 3 fully saturated rings. The number of benzene rings is 3. The monoisotopic (exact) mass is 593 g/mol. The molecule has 1 aliphatic carbocycles. The Morgan fingerprint density at radius 1 is 0.814 bits per heavy atom. The molecule has 0 amide bonds. The molecule has 3 heterocycles. The molecule has 1 unspecified atom stereocenters. The maximum atomic E-state index is 10.9. The van der Waals surface area contributed by atoms with Crippen LogP contribution in [0.5, 0.6) is 0 Å². The molecule has 0 radical (unpaired) electrons. The zero-order valence-corrected chi connectivity index (χ0v) is 26.6. The first-order valence-corrected chi connectivity index (χ1v) is 17.6. The molecule has 226 valence electrons. The van der Waals surface area contributed by atoms with Crippen LogP contribution in [-0.2, 0) is 12.0 Å². The summed E-state index contributed by atoms with van der Waals surface area (Å²) in [4.78, 5) is 21.4. The van der Waals surface area contributed by atoms with Gasteiger partial charge in [-0.15, -0.1) is 0 Å². The van der Waals surface area contributed by atoms with Crippen LogP contribution in [-0.4, -0.2) is 61.9 Å². The fraction of sp³-hybridized carbons (Fsp3) is 0.500. The van der Waals surface area contributed by atoms with Crippen LogP contribution in [0.2, 0.25) is 0 Å². The quantitative estimate of drug-likeness (QED) is 0.236. The fourth-order valence-corrected chi connectivity index (χ4v) is 9.74. The van der Waals surface area contributed by atoms with Gasteiger partial charge in [0.15, 0.2) is 0 Å². The molecule has 3 aromatic carbocycles. The Balaban J connectivity index is 0.941. The van der Waals surface area contributed by atoms with Crippen LogP contribution in [0.3, 0.4) is 0 Å². The van der Waals surface area contributed by atoms with Gasteiger partial charge < -0.3 is 9.80 Å². The van der Waals surface area contributed by atoms with E-state index in [1.165, 1.54) is 88.4 Å². The van der Waals surface area contributed by atoms with Crippen molar-refractivity contribution < 1.29 is 4.79 Å². The van der Waals surface area contributed by atoms with Crippen LogP contribution in [0.1, 0.15) is 66.9 Å². The third-order valence-corrected chi connectivity index (χ3v) is 12.2. The number of likely N-dealkylation sites (N-methyl/N-ethyl adjacent to an activating group) is 1. The molecule has 3 aliphatic heterocycles. The molecule has 2 saturated heterocycles. The van der Waals surface area contributed by atoms with Gasteiger partial charge in [0.25, 0.3) is 0 Å². The number of piperidine rings is 1. The molecule has 0 aromatic heterocycles. The minimum Gasteiger partial charge on any atom is -0.371 e. The Kier molecular flexibility index (Phi) is 8.66. The summed E-state index contributed by atoms with van der Waals surface area (Å²) < 4.78 is 0. The molecule has 4 aliphatic rings. The average Bonchev–Trinajstić information content (AvgIpc) is 3.59. The number of fused-ring (bicyclic) bond motifs is 1. The Morgan fingerprint density at radius 3 is 2.14 bits per heavy atom. The van der Waals surface area contributed by atoms with Crippen molar-refractivity contribution in [1.82, 2.24) is 9.80 Å². The number of likely N-dealkylation sites (tertiary alicyclic amines) is 1. The van der Waals surface area contributed by atoms with Gasteiger partial charge in [0.05, 0.1) is 0 Å². The van der Waals surface area contributed by atoms with Crippen LogP contribution < -0.4 is 4.90 Å². The molecule has 5 heteroatoms. The maximum absolute atomic E-state index is 10.9. The minimum absolute atomic E-state index is 0.351. The van der Waals surface area contributed by atoms with Crippen molar-refractivity contribution in [3.05, 3.63) is 89.5 Å². The van der Waals surface area contributed by atoms with E-state index in [1.807, 2.05) is 24.3 Å². The predicted molar refractivity (Wildman–Crippen MR) is 178 cm³/mol. The number of carbonyl (C=O) groups is 1. The number of rotatable bonds is 9. The normalized spacial score (nSPS) is 24.2. The first-order valence-electron chi connectivity index (χ1n) is 16.8. The Labute approximate surface area is 262 Å². The van der Waals surface area contributed by atoms with Gasteiger partial charge in [-0.3, -0.25) is 9.69 Å². The van der Waals surface area contributed by atoms with E-state index < -0.39 is 0 Å². The third kappa shape index (κ3) is 5.93. The van der Waals surface area contributed by atoms with E-state index in [-0.39, 0.29) is 0 Å². The van der Waals surface area contributed by atoms with E-state index in [0.717, 1.165) is 47.6 Å². The van der Waals surface area contributed by atoms with Crippen LogP contribution >= 0.6 is 11.8 Å². The molecule has 1 saturated carbocycles. The Hall–Kier alpha value is -2.60. The van der Waals surface area contributed by atoms with E-state index in [1.54, 1.807) is 22.9 Å². The summed E-state index contributed by atoms with van der Waals surface area (Å²) in [6, 6.07) is 26.4. The Morgan fingerprint density at radius 2 is 1.47 bits per heavy atom. The second kappa shape index (κ2) is 12.8. The topological polar surface area (TPSA) is 26.8 Å². The lowest BCUT2D eigenvalue weighted by atomic mass is 9.57. The third-order valence-electron chi connectivity index (χ3n) is 11.2. The van der Waals surface area contributed by atoms with Crippen LogP contribution in [0.15, 0.2) is 82.6 Å². The van der Waals surface area contributed by atoms with Crippen molar-refractivity contribution in [2.75, 3.05) is 50.7 Å². The molecule has 3 aromatic rings. The number of hydrogen-bond acceptors (Lipinski definition) is 5. The van der Waals surface area contributed by atoms with Gasteiger partial charge in [-0.25, -0.2) is 0 Å². The van der Waals surface area contributed by atoms with Crippen molar-refractivity contribution in [2.24, 2.45) is 17.8 Å². The number of anilines is 1. The summed E-state index contributed by atoms with van der Waals surface area (Å²) in [7, 11) is 0. The maximum Gasteiger partial charge on any atom is 0.150 e. The molecule has 0 spiro atoms. The van der Waals surface area contributed by atoms with Gasteiger partial charge in [0.2, 0.25) is 0 Å². The van der Waals surface area contributed by atoms with Gasteiger partial charge in [-0.1, -0.05) is 67.9 Å². The number of carbonyl (C=O) groups excluding carboxylic acids is 1.